The van der Waals surface area contributed by atoms with Crippen molar-refractivity contribution in [3.8, 4) is 10.6 Å². The second-order valence-electron chi connectivity index (χ2n) is 4.94. The molecule has 3 rings (SSSR count). The third-order valence-corrected chi connectivity index (χ3v) is 4.42. The van der Waals surface area contributed by atoms with Gasteiger partial charge in [0.15, 0.2) is 0 Å². The van der Waals surface area contributed by atoms with Gasteiger partial charge >= 0.3 is 6.18 Å². The number of hydrogen-bond acceptors (Lipinski definition) is 4. The molecule has 2 aromatic heterocycles. The summed E-state index contributed by atoms with van der Waals surface area (Å²) in [7, 11) is 0. The molecule has 0 amide bonds. The third kappa shape index (κ3) is 3.56. The van der Waals surface area contributed by atoms with E-state index in [0.717, 1.165) is 28.6 Å². The molecule has 0 saturated heterocycles. The zero-order valence-corrected chi connectivity index (χ0v) is 13.0. The fourth-order valence-electron chi connectivity index (χ4n) is 2.07. The molecule has 0 radical (unpaired) electrons. The smallest absolute Gasteiger partial charge is 0.416 e. The zero-order chi connectivity index (χ0) is 16.4. The van der Waals surface area contributed by atoms with Crippen LogP contribution in [0.1, 0.15) is 17.0 Å². The summed E-state index contributed by atoms with van der Waals surface area (Å²) in [6.07, 6.45) is -2.72. The van der Waals surface area contributed by atoms with E-state index in [1.54, 1.807) is 6.26 Å². The van der Waals surface area contributed by atoms with Crippen LogP contribution in [-0.4, -0.2) is 4.98 Å². The Balaban J connectivity index is 1.77. The number of anilines is 1. The minimum Gasteiger partial charge on any atom is -0.467 e. The molecular formula is C16H13F3N2OS. The molecule has 120 valence electrons. The summed E-state index contributed by atoms with van der Waals surface area (Å²) in [5.74, 6) is 0.800. The van der Waals surface area contributed by atoms with Crippen LogP contribution in [0.15, 0.2) is 47.1 Å². The summed E-state index contributed by atoms with van der Waals surface area (Å²) in [4.78, 5) is 4.42. The van der Waals surface area contributed by atoms with Gasteiger partial charge in [0.2, 0.25) is 0 Å². The zero-order valence-electron chi connectivity index (χ0n) is 12.1. The topological polar surface area (TPSA) is 38.1 Å². The number of hydrogen-bond donors (Lipinski definition) is 1. The predicted molar refractivity (Wildman–Crippen MR) is 83.3 cm³/mol. The number of aryl methyl sites for hydroxylation is 1. The van der Waals surface area contributed by atoms with Crippen LogP contribution in [0.3, 0.4) is 0 Å². The molecule has 0 aliphatic rings. The van der Waals surface area contributed by atoms with E-state index in [1.165, 1.54) is 23.5 Å². The first-order valence-corrected chi connectivity index (χ1v) is 7.66. The normalized spacial score (nSPS) is 11.7. The average molecular weight is 338 g/mol. The van der Waals surface area contributed by atoms with E-state index < -0.39 is 11.7 Å². The van der Waals surface area contributed by atoms with Gasteiger partial charge < -0.3 is 9.73 Å². The van der Waals surface area contributed by atoms with Gasteiger partial charge in [-0.1, -0.05) is 23.5 Å². The number of rotatable bonds is 4. The van der Waals surface area contributed by atoms with Crippen molar-refractivity contribution in [3.63, 3.8) is 0 Å². The van der Waals surface area contributed by atoms with Gasteiger partial charge in [0, 0.05) is 5.56 Å². The number of aromatic nitrogens is 1. The van der Waals surface area contributed by atoms with Gasteiger partial charge in [0.05, 0.1) is 24.1 Å². The van der Waals surface area contributed by atoms with Crippen LogP contribution in [0.2, 0.25) is 0 Å². The molecular weight excluding hydrogens is 325 g/mol. The lowest BCUT2D eigenvalue weighted by atomic mass is 10.1. The van der Waals surface area contributed by atoms with Gasteiger partial charge in [-0.15, -0.1) is 0 Å². The Morgan fingerprint density at radius 3 is 2.52 bits per heavy atom. The first-order chi connectivity index (χ1) is 10.9. The maximum absolute atomic E-state index is 12.6. The Labute approximate surface area is 134 Å². The number of alkyl halides is 3. The Kier molecular flexibility index (Phi) is 4.12. The lowest BCUT2D eigenvalue weighted by Crippen LogP contribution is -2.03. The highest BCUT2D eigenvalue weighted by Gasteiger charge is 2.30. The van der Waals surface area contributed by atoms with E-state index in [9.17, 15) is 13.2 Å². The highest BCUT2D eigenvalue weighted by Crippen LogP contribution is 2.34. The van der Waals surface area contributed by atoms with Crippen LogP contribution < -0.4 is 5.32 Å². The van der Waals surface area contributed by atoms with Crippen molar-refractivity contribution in [1.82, 2.24) is 4.98 Å². The van der Waals surface area contributed by atoms with Crippen molar-refractivity contribution in [3.05, 3.63) is 59.7 Å². The molecule has 0 fully saturated rings. The monoisotopic (exact) mass is 338 g/mol. The van der Waals surface area contributed by atoms with Crippen molar-refractivity contribution in [2.24, 2.45) is 0 Å². The summed E-state index contributed by atoms with van der Waals surface area (Å²) in [5.41, 5.74) is 0.805. The molecule has 23 heavy (non-hydrogen) atoms. The molecule has 0 unspecified atom stereocenters. The first-order valence-electron chi connectivity index (χ1n) is 6.85. The lowest BCUT2D eigenvalue weighted by molar-refractivity contribution is -0.137. The summed E-state index contributed by atoms with van der Waals surface area (Å²) < 4.78 is 43.0. The molecule has 3 aromatic rings. The molecule has 7 heteroatoms. The predicted octanol–water partition coefficient (Wildman–Crippen LogP) is 5.34. The Hall–Kier alpha value is -2.28. The Morgan fingerprint density at radius 1 is 1.17 bits per heavy atom. The second-order valence-corrected chi connectivity index (χ2v) is 5.94. The van der Waals surface area contributed by atoms with Crippen LogP contribution in [0.5, 0.6) is 0 Å². The van der Waals surface area contributed by atoms with Crippen LogP contribution in [0.4, 0.5) is 18.2 Å². The first kappa shape index (κ1) is 15.6. The SMILES string of the molecule is Cc1nc(-c2ccc(C(F)(F)F)cc2)sc1NCc1ccco1. The van der Waals surface area contributed by atoms with Gasteiger partial charge in [-0.2, -0.15) is 13.2 Å². The average Bonchev–Trinajstić information content (AvgIpc) is 3.14. The largest absolute Gasteiger partial charge is 0.467 e. The summed E-state index contributed by atoms with van der Waals surface area (Å²) in [6.45, 7) is 2.39. The quantitative estimate of drug-likeness (QED) is 0.697. The number of thiazole rings is 1. The van der Waals surface area contributed by atoms with E-state index in [-0.39, 0.29) is 0 Å². The maximum atomic E-state index is 12.6. The number of nitrogens with zero attached hydrogens (tertiary/aromatic N) is 1. The minimum absolute atomic E-state index is 0.530. The highest BCUT2D eigenvalue weighted by atomic mass is 32.1. The van der Waals surface area contributed by atoms with Gasteiger partial charge in [-0.25, -0.2) is 4.98 Å². The molecule has 0 aliphatic carbocycles. The number of furan rings is 1. The van der Waals surface area contributed by atoms with Gasteiger partial charge in [-0.05, 0) is 31.2 Å². The van der Waals surface area contributed by atoms with E-state index in [0.29, 0.717) is 17.1 Å². The van der Waals surface area contributed by atoms with Crippen molar-refractivity contribution in [1.29, 1.82) is 0 Å². The minimum atomic E-state index is -4.33. The third-order valence-electron chi connectivity index (χ3n) is 3.26. The van der Waals surface area contributed by atoms with Crippen LogP contribution >= 0.6 is 11.3 Å². The summed E-state index contributed by atoms with van der Waals surface area (Å²) >= 11 is 1.40. The Bertz CT molecular complexity index is 777. The van der Waals surface area contributed by atoms with Gasteiger partial charge in [0.25, 0.3) is 0 Å². The maximum Gasteiger partial charge on any atom is 0.416 e. The second kappa shape index (κ2) is 6.08. The highest BCUT2D eigenvalue weighted by molar-refractivity contribution is 7.19. The van der Waals surface area contributed by atoms with Crippen molar-refractivity contribution < 1.29 is 17.6 Å². The molecule has 0 bridgehead atoms. The van der Waals surface area contributed by atoms with Crippen LogP contribution in [0.25, 0.3) is 10.6 Å². The van der Waals surface area contributed by atoms with Crippen molar-refractivity contribution in [2.75, 3.05) is 5.32 Å². The fourth-order valence-corrected chi connectivity index (χ4v) is 3.03. The number of benzene rings is 1. The lowest BCUT2D eigenvalue weighted by Gasteiger charge is -2.06. The molecule has 1 aromatic carbocycles. The molecule has 0 aliphatic heterocycles. The summed E-state index contributed by atoms with van der Waals surface area (Å²) in [6, 6.07) is 8.70. The Morgan fingerprint density at radius 2 is 1.91 bits per heavy atom. The van der Waals surface area contributed by atoms with Crippen LogP contribution in [-0.2, 0) is 12.7 Å². The van der Waals surface area contributed by atoms with Gasteiger partial charge in [0.1, 0.15) is 15.8 Å². The molecule has 1 N–H and O–H groups in total. The van der Waals surface area contributed by atoms with E-state index in [4.69, 9.17) is 4.42 Å². The molecule has 2 heterocycles. The van der Waals surface area contributed by atoms with Crippen molar-refractivity contribution in [2.45, 2.75) is 19.6 Å². The van der Waals surface area contributed by atoms with E-state index >= 15 is 0 Å². The molecule has 0 saturated carbocycles. The van der Waals surface area contributed by atoms with E-state index in [1.807, 2.05) is 19.1 Å². The van der Waals surface area contributed by atoms with Crippen LogP contribution in [0, 0.1) is 6.92 Å². The molecule has 3 nitrogen and oxygen atoms in total. The molecule has 0 atom stereocenters. The summed E-state index contributed by atoms with van der Waals surface area (Å²) in [5, 5.41) is 4.77. The number of halogens is 3. The number of nitrogens with one attached hydrogen (secondary N) is 1. The van der Waals surface area contributed by atoms with Gasteiger partial charge in [-0.3, -0.25) is 0 Å². The molecule has 0 spiro atoms. The van der Waals surface area contributed by atoms with Crippen molar-refractivity contribution >= 4 is 16.3 Å². The van der Waals surface area contributed by atoms with E-state index in [2.05, 4.69) is 10.3 Å². The fraction of sp³-hybridized carbons (Fsp3) is 0.188. The standard InChI is InChI=1S/C16H13F3N2OS/c1-10-14(20-9-13-3-2-8-22-13)23-15(21-10)11-4-6-12(7-5-11)16(17,18)19/h2-8,20H,9H2,1H3.